The van der Waals surface area contributed by atoms with Gasteiger partial charge in [-0.05, 0) is 30.5 Å². The number of pyridine rings is 1. The molecular formula is C16H23N5O2S2. The van der Waals surface area contributed by atoms with Gasteiger partial charge in [-0.15, -0.1) is 0 Å². The molecule has 0 bridgehead atoms. The average Bonchev–Trinajstić information content (AvgIpc) is 2.63. The molecule has 0 amide bonds. The molecule has 0 saturated carbocycles. The second-order valence-corrected chi connectivity index (χ2v) is 7.98. The van der Waals surface area contributed by atoms with E-state index in [1.807, 2.05) is 0 Å². The molecule has 0 saturated heterocycles. The lowest BCUT2D eigenvalue weighted by Crippen LogP contribution is -2.04. The number of ketones is 2. The molecule has 136 valence electrons. The number of nitrogens with zero attached hydrogens (tertiary/aromatic N) is 4. The number of carbonyl (C=O) groups is 2. The summed E-state index contributed by atoms with van der Waals surface area (Å²) in [5.74, 6) is 2.06. The van der Waals surface area contributed by atoms with Crippen LogP contribution in [0.5, 0.6) is 0 Å². The van der Waals surface area contributed by atoms with Gasteiger partial charge in [0.25, 0.3) is 0 Å². The zero-order valence-electron chi connectivity index (χ0n) is 14.1. The summed E-state index contributed by atoms with van der Waals surface area (Å²) in [6.45, 7) is 0.846. The Hall–Kier alpha value is -1.54. The highest BCUT2D eigenvalue weighted by atomic mass is 33.1. The lowest BCUT2D eigenvalue weighted by Gasteiger charge is -2.03. The molecule has 0 aromatic carbocycles. The van der Waals surface area contributed by atoms with Gasteiger partial charge in [0, 0.05) is 59.7 Å². The van der Waals surface area contributed by atoms with Crippen molar-refractivity contribution in [1.29, 1.82) is 0 Å². The van der Waals surface area contributed by atoms with E-state index in [0.29, 0.717) is 43.5 Å². The molecule has 1 rings (SSSR count). The van der Waals surface area contributed by atoms with Gasteiger partial charge < -0.3 is 5.73 Å². The summed E-state index contributed by atoms with van der Waals surface area (Å²) in [6, 6.07) is 3.35. The third-order valence-corrected chi connectivity index (χ3v) is 5.79. The summed E-state index contributed by atoms with van der Waals surface area (Å²) in [5, 5.41) is 3.42. The minimum Gasteiger partial charge on any atom is -0.330 e. The Morgan fingerprint density at radius 3 is 2.60 bits per heavy atom. The van der Waals surface area contributed by atoms with E-state index < -0.39 is 0 Å². The maximum Gasteiger partial charge on any atom is 0.164 e. The number of hydrogen-bond acceptors (Lipinski definition) is 7. The third kappa shape index (κ3) is 10.1. The predicted octanol–water partition coefficient (Wildman–Crippen LogP) is 3.93. The van der Waals surface area contributed by atoms with Crippen LogP contribution in [0.3, 0.4) is 0 Å². The van der Waals surface area contributed by atoms with Gasteiger partial charge in [-0.1, -0.05) is 26.7 Å². The van der Waals surface area contributed by atoms with Gasteiger partial charge in [0.2, 0.25) is 0 Å². The first-order chi connectivity index (χ1) is 12.2. The van der Waals surface area contributed by atoms with Crippen LogP contribution in [0.25, 0.3) is 10.4 Å². The van der Waals surface area contributed by atoms with Crippen LogP contribution >= 0.6 is 21.6 Å². The minimum absolute atomic E-state index is 0.0237. The van der Waals surface area contributed by atoms with Gasteiger partial charge >= 0.3 is 0 Å². The molecule has 0 atom stereocenters. The van der Waals surface area contributed by atoms with Crippen molar-refractivity contribution in [2.75, 3.05) is 18.1 Å². The first-order valence-corrected chi connectivity index (χ1v) is 10.6. The Kier molecular flexibility index (Phi) is 11.8. The molecule has 0 fully saturated rings. The van der Waals surface area contributed by atoms with Gasteiger partial charge in [-0.25, -0.2) is 0 Å². The monoisotopic (exact) mass is 381 g/mol. The predicted molar refractivity (Wildman–Crippen MR) is 103 cm³/mol. The summed E-state index contributed by atoms with van der Waals surface area (Å²) in [5.41, 5.74) is 14.8. The highest BCUT2D eigenvalue weighted by Gasteiger charge is 2.08. The van der Waals surface area contributed by atoms with Crippen LogP contribution < -0.4 is 5.73 Å². The van der Waals surface area contributed by atoms with E-state index in [-0.39, 0.29) is 18.1 Å². The molecule has 0 radical (unpaired) electrons. The second-order valence-electron chi connectivity index (χ2n) is 5.28. The van der Waals surface area contributed by atoms with E-state index in [1.54, 1.807) is 33.7 Å². The number of carbonyl (C=O) groups excluding carboxylic acids is 2. The summed E-state index contributed by atoms with van der Waals surface area (Å²) in [7, 11) is 3.48. The van der Waals surface area contributed by atoms with Gasteiger partial charge in [0.15, 0.2) is 5.78 Å². The zero-order chi connectivity index (χ0) is 18.3. The maximum atomic E-state index is 12.1. The third-order valence-electron chi connectivity index (χ3n) is 3.27. The number of aromatic nitrogens is 1. The van der Waals surface area contributed by atoms with Crippen LogP contribution in [0.2, 0.25) is 0 Å². The van der Waals surface area contributed by atoms with Crippen molar-refractivity contribution in [1.82, 2.24) is 4.98 Å². The second kappa shape index (κ2) is 13.7. The van der Waals surface area contributed by atoms with Crippen LogP contribution in [0.1, 0.15) is 48.2 Å². The van der Waals surface area contributed by atoms with Crippen molar-refractivity contribution in [3.63, 3.8) is 0 Å². The van der Waals surface area contributed by atoms with Gasteiger partial charge in [-0.3, -0.25) is 14.6 Å². The van der Waals surface area contributed by atoms with E-state index >= 15 is 0 Å². The fourth-order valence-corrected chi connectivity index (χ4v) is 3.94. The van der Waals surface area contributed by atoms with Crippen LogP contribution in [-0.4, -0.2) is 34.6 Å². The Bertz CT molecular complexity index is 589. The molecule has 2 N–H and O–H groups in total. The minimum atomic E-state index is -0.0237. The summed E-state index contributed by atoms with van der Waals surface area (Å²) in [6.07, 6.45) is 4.26. The Morgan fingerprint density at radius 1 is 1.16 bits per heavy atom. The highest BCUT2D eigenvalue weighted by molar-refractivity contribution is 8.76. The number of hydrogen-bond donors (Lipinski definition) is 1. The summed E-state index contributed by atoms with van der Waals surface area (Å²) < 4.78 is 0. The topological polar surface area (TPSA) is 122 Å². The number of rotatable bonds is 14. The standard InChI is InChI=1S/C16H23N5O2S2/c17-8-10-25-24-9-2-4-15(22)3-1-5-16(23)13-6-7-14(19-11-13)12-20-21-18/h6-7,11H,1-5,8-10,12,17H2. The molecule has 0 unspecified atom stereocenters. The fraction of sp³-hybridized carbons (Fsp3) is 0.562. The SMILES string of the molecule is [N-]=[N+]=NCc1ccc(C(=O)CCCC(=O)CCCSSCCN)cn1. The molecular weight excluding hydrogens is 358 g/mol. The maximum absolute atomic E-state index is 12.1. The van der Waals surface area contributed by atoms with Crippen molar-refractivity contribution in [3.8, 4) is 0 Å². The largest absolute Gasteiger partial charge is 0.330 e. The van der Waals surface area contributed by atoms with Gasteiger partial charge in [-0.2, -0.15) is 0 Å². The van der Waals surface area contributed by atoms with Crippen LogP contribution in [0.4, 0.5) is 0 Å². The van der Waals surface area contributed by atoms with Gasteiger partial charge in [0.1, 0.15) is 5.78 Å². The van der Waals surface area contributed by atoms with E-state index in [2.05, 4.69) is 15.0 Å². The molecule has 25 heavy (non-hydrogen) atoms. The van der Waals surface area contributed by atoms with E-state index in [4.69, 9.17) is 11.3 Å². The molecule has 7 nitrogen and oxygen atoms in total. The van der Waals surface area contributed by atoms with Crippen molar-refractivity contribution in [2.24, 2.45) is 10.8 Å². The van der Waals surface area contributed by atoms with Crippen molar-refractivity contribution >= 4 is 33.2 Å². The van der Waals surface area contributed by atoms with Crippen LogP contribution in [-0.2, 0) is 11.3 Å². The van der Waals surface area contributed by atoms with Crippen LogP contribution in [0, 0.1) is 0 Å². The fourth-order valence-electron chi connectivity index (χ4n) is 2.00. The summed E-state index contributed by atoms with van der Waals surface area (Å²) in [4.78, 5) is 30.6. The Labute approximate surface area is 155 Å². The Balaban J connectivity index is 2.18. The van der Waals surface area contributed by atoms with E-state index in [9.17, 15) is 9.59 Å². The van der Waals surface area contributed by atoms with Crippen LogP contribution in [0.15, 0.2) is 23.4 Å². The smallest absolute Gasteiger partial charge is 0.164 e. The zero-order valence-corrected chi connectivity index (χ0v) is 15.7. The number of azide groups is 1. The van der Waals surface area contributed by atoms with Crippen molar-refractivity contribution < 1.29 is 9.59 Å². The molecule has 0 aliphatic rings. The normalized spacial score (nSPS) is 10.3. The van der Waals surface area contributed by atoms with E-state index in [1.165, 1.54) is 6.20 Å². The summed E-state index contributed by atoms with van der Waals surface area (Å²) >= 11 is 0. The molecule has 1 aromatic heterocycles. The first-order valence-electron chi connectivity index (χ1n) is 8.12. The lowest BCUT2D eigenvalue weighted by atomic mass is 10.0. The molecule has 1 heterocycles. The van der Waals surface area contributed by atoms with E-state index in [0.717, 1.165) is 17.9 Å². The molecule has 1 aromatic rings. The quantitative estimate of drug-likeness (QED) is 0.130. The van der Waals surface area contributed by atoms with Crippen molar-refractivity contribution in [2.45, 2.75) is 38.6 Å². The molecule has 9 heteroatoms. The lowest BCUT2D eigenvalue weighted by molar-refractivity contribution is -0.119. The number of nitrogens with two attached hydrogens (primary N) is 1. The first kappa shape index (κ1) is 21.5. The average molecular weight is 382 g/mol. The molecule has 0 aliphatic heterocycles. The Morgan fingerprint density at radius 2 is 1.92 bits per heavy atom. The number of Topliss-reactive ketones (excluding diaryl/α,β-unsaturated/α-hetero) is 2. The highest BCUT2D eigenvalue weighted by Crippen LogP contribution is 2.21. The van der Waals surface area contributed by atoms with Gasteiger partial charge in [0.05, 0.1) is 6.54 Å². The van der Waals surface area contributed by atoms with Crippen molar-refractivity contribution in [3.05, 3.63) is 40.0 Å². The molecule has 0 spiro atoms. The molecule has 0 aliphatic carbocycles.